The quantitative estimate of drug-likeness (QED) is 0.565. The monoisotopic (exact) mass is 249 g/mol. The molecule has 18 heavy (non-hydrogen) atoms. The van der Waals surface area contributed by atoms with Gasteiger partial charge in [-0.2, -0.15) is 0 Å². The van der Waals surface area contributed by atoms with Gasteiger partial charge in [0.05, 0.1) is 12.3 Å². The molecule has 1 aromatic carbocycles. The van der Waals surface area contributed by atoms with Crippen LogP contribution in [0.25, 0.3) is 0 Å². The number of amidine groups is 1. The van der Waals surface area contributed by atoms with Crippen LogP contribution in [0.2, 0.25) is 0 Å². The third kappa shape index (κ3) is 3.76. The van der Waals surface area contributed by atoms with Crippen molar-refractivity contribution in [2.24, 2.45) is 11.7 Å². The molecule has 98 valence electrons. The summed E-state index contributed by atoms with van der Waals surface area (Å²) in [4.78, 5) is 11.6. The van der Waals surface area contributed by atoms with Crippen LogP contribution in [0, 0.1) is 18.3 Å². The zero-order chi connectivity index (χ0) is 13.7. The lowest BCUT2D eigenvalue weighted by Gasteiger charge is -2.13. The van der Waals surface area contributed by atoms with E-state index < -0.39 is 6.09 Å². The third-order valence-electron chi connectivity index (χ3n) is 2.33. The summed E-state index contributed by atoms with van der Waals surface area (Å²) in [5.41, 5.74) is 7.37. The van der Waals surface area contributed by atoms with Crippen LogP contribution in [0.4, 0.5) is 10.5 Å². The number of carbonyl (C=O) groups is 1. The lowest BCUT2D eigenvalue weighted by molar-refractivity contribution is 0.147. The Morgan fingerprint density at radius 3 is 2.72 bits per heavy atom. The molecule has 5 heteroatoms. The van der Waals surface area contributed by atoms with Crippen molar-refractivity contribution in [3.63, 3.8) is 0 Å². The smallest absolute Gasteiger partial charge is 0.411 e. The fraction of sp³-hybridized carbons (Fsp3) is 0.385. The fourth-order valence-corrected chi connectivity index (χ4v) is 1.52. The molecule has 0 saturated heterocycles. The zero-order valence-electron chi connectivity index (χ0n) is 10.9. The normalized spacial score (nSPS) is 10.2. The molecule has 4 N–H and O–H groups in total. The highest BCUT2D eigenvalue weighted by Gasteiger charge is 2.12. The van der Waals surface area contributed by atoms with Crippen LogP contribution in [-0.2, 0) is 4.74 Å². The number of anilines is 1. The number of hydrogen-bond acceptors (Lipinski definition) is 3. The van der Waals surface area contributed by atoms with E-state index in [-0.39, 0.29) is 11.8 Å². The molecule has 0 bridgehead atoms. The Balaban J connectivity index is 2.81. The van der Waals surface area contributed by atoms with E-state index in [2.05, 4.69) is 5.32 Å². The van der Waals surface area contributed by atoms with Crippen LogP contribution >= 0.6 is 0 Å². The molecule has 0 unspecified atom stereocenters. The average molecular weight is 249 g/mol. The Morgan fingerprint density at radius 1 is 1.50 bits per heavy atom. The summed E-state index contributed by atoms with van der Waals surface area (Å²) < 4.78 is 5.02. The Labute approximate surface area is 107 Å². The second kappa shape index (κ2) is 6.05. The maximum absolute atomic E-state index is 11.6. The molecule has 0 aliphatic heterocycles. The maximum Gasteiger partial charge on any atom is 0.411 e. The van der Waals surface area contributed by atoms with Crippen LogP contribution in [-0.4, -0.2) is 18.5 Å². The van der Waals surface area contributed by atoms with Gasteiger partial charge in [0, 0.05) is 5.56 Å². The molecule has 5 nitrogen and oxygen atoms in total. The van der Waals surface area contributed by atoms with Crippen molar-refractivity contribution in [2.75, 3.05) is 11.9 Å². The first-order chi connectivity index (χ1) is 8.41. The van der Waals surface area contributed by atoms with Gasteiger partial charge in [-0.1, -0.05) is 26.0 Å². The number of benzene rings is 1. The Hall–Kier alpha value is -2.04. The van der Waals surface area contributed by atoms with Crippen molar-refractivity contribution in [1.29, 1.82) is 5.41 Å². The van der Waals surface area contributed by atoms with E-state index in [1.54, 1.807) is 12.1 Å². The number of nitrogens with one attached hydrogen (secondary N) is 2. The largest absolute Gasteiger partial charge is 0.449 e. The molecule has 0 atom stereocenters. The first-order valence-electron chi connectivity index (χ1n) is 5.79. The van der Waals surface area contributed by atoms with Gasteiger partial charge in [-0.15, -0.1) is 0 Å². The molecule has 0 aromatic heterocycles. The summed E-state index contributed by atoms with van der Waals surface area (Å²) in [5.74, 6) is 0.202. The first-order valence-corrected chi connectivity index (χ1v) is 5.79. The Bertz CT molecular complexity index is 456. The summed E-state index contributed by atoms with van der Waals surface area (Å²) in [6.07, 6.45) is -0.531. The molecular formula is C13H19N3O2. The van der Waals surface area contributed by atoms with Gasteiger partial charge in [-0.25, -0.2) is 4.79 Å². The molecule has 1 rings (SSSR count). The first kappa shape index (κ1) is 14.0. The number of amides is 1. The van der Waals surface area contributed by atoms with Crippen molar-refractivity contribution >= 4 is 17.6 Å². The highest BCUT2D eigenvalue weighted by Crippen LogP contribution is 2.19. The third-order valence-corrected chi connectivity index (χ3v) is 2.33. The minimum atomic E-state index is -0.531. The van der Waals surface area contributed by atoms with Crippen molar-refractivity contribution < 1.29 is 9.53 Å². The number of nitrogens with two attached hydrogens (primary N) is 1. The predicted molar refractivity (Wildman–Crippen MR) is 72.0 cm³/mol. The summed E-state index contributed by atoms with van der Waals surface area (Å²) >= 11 is 0. The van der Waals surface area contributed by atoms with Crippen LogP contribution in [0.15, 0.2) is 18.2 Å². The molecular weight excluding hydrogens is 230 g/mol. The van der Waals surface area contributed by atoms with E-state index in [1.807, 2.05) is 26.8 Å². The molecule has 0 spiro atoms. The molecule has 1 amide bonds. The molecule has 0 heterocycles. The molecule has 0 radical (unpaired) electrons. The van der Waals surface area contributed by atoms with Gasteiger partial charge in [0.1, 0.15) is 5.84 Å². The number of carbonyl (C=O) groups excluding carboxylic acids is 1. The highest BCUT2D eigenvalue weighted by molar-refractivity contribution is 6.04. The van der Waals surface area contributed by atoms with Crippen LogP contribution in [0.1, 0.15) is 25.0 Å². The standard InChI is InChI=1S/C13H19N3O2/c1-8(2)7-18-13(17)16-10-6-4-5-9(3)11(10)12(14)15/h4-6,8H,7H2,1-3H3,(H3,14,15)(H,16,17). The van der Waals surface area contributed by atoms with Crippen molar-refractivity contribution in [2.45, 2.75) is 20.8 Å². The van der Waals surface area contributed by atoms with Crippen LogP contribution in [0.5, 0.6) is 0 Å². The molecule has 0 aliphatic rings. The number of rotatable bonds is 4. The lowest BCUT2D eigenvalue weighted by atomic mass is 10.1. The summed E-state index contributed by atoms with van der Waals surface area (Å²) in [7, 11) is 0. The van der Waals surface area contributed by atoms with Crippen molar-refractivity contribution in [3.05, 3.63) is 29.3 Å². The molecule has 0 fully saturated rings. The number of aryl methyl sites for hydroxylation is 1. The van der Waals surface area contributed by atoms with Gasteiger partial charge in [-0.3, -0.25) is 10.7 Å². The van der Waals surface area contributed by atoms with E-state index in [9.17, 15) is 4.79 Å². The molecule has 1 aromatic rings. The Kier molecular flexibility index (Phi) is 4.71. The molecule has 0 aliphatic carbocycles. The van der Waals surface area contributed by atoms with E-state index in [4.69, 9.17) is 15.9 Å². The number of ether oxygens (including phenoxy) is 1. The summed E-state index contributed by atoms with van der Waals surface area (Å²) in [6, 6.07) is 5.32. The van der Waals surface area contributed by atoms with E-state index in [0.717, 1.165) is 5.56 Å². The number of nitrogen functional groups attached to an aromatic ring is 1. The van der Waals surface area contributed by atoms with Crippen molar-refractivity contribution in [3.8, 4) is 0 Å². The maximum atomic E-state index is 11.6. The average Bonchev–Trinajstić information content (AvgIpc) is 2.26. The second-order valence-electron chi connectivity index (χ2n) is 4.53. The van der Waals surface area contributed by atoms with Crippen molar-refractivity contribution in [1.82, 2.24) is 0 Å². The minimum absolute atomic E-state index is 0.0766. The summed E-state index contributed by atoms with van der Waals surface area (Å²) in [6.45, 7) is 6.11. The van der Waals surface area contributed by atoms with Gasteiger partial charge in [0.15, 0.2) is 0 Å². The molecule has 0 saturated carbocycles. The van der Waals surface area contributed by atoms with Crippen LogP contribution in [0.3, 0.4) is 0 Å². The zero-order valence-corrected chi connectivity index (χ0v) is 10.9. The van der Waals surface area contributed by atoms with Gasteiger partial charge >= 0.3 is 6.09 Å². The van der Waals surface area contributed by atoms with Gasteiger partial charge < -0.3 is 10.5 Å². The fourth-order valence-electron chi connectivity index (χ4n) is 1.52. The summed E-state index contributed by atoms with van der Waals surface area (Å²) in [5, 5.41) is 10.1. The highest BCUT2D eigenvalue weighted by atomic mass is 16.5. The SMILES string of the molecule is Cc1cccc(NC(=O)OCC(C)C)c1C(=N)N. The minimum Gasteiger partial charge on any atom is -0.449 e. The predicted octanol–water partition coefficient (Wildman–Crippen LogP) is 2.48. The van der Waals surface area contributed by atoms with E-state index in [0.29, 0.717) is 17.9 Å². The second-order valence-corrected chi connectivity index (χ2v) is 4.53. The lowest BCUT2D eigenvalue weighted by Crippen LogP contribution is -2.21. The topological polar surface area (TPSA) is 88.2 Å². The van der Waals surface area contributed by atoms with Crippen LogP contribution < -0.4 is 11.1 Å². The van der Waals surface area contributed by atoms with E-state index in [1.165, 1.54) is 0 Å². The number of hydrogen-bond donors (Lipinski definition) is 3. The Morgan fingerprint density at radius 2 is 2.17 bits per heavy atom. The van der Waals surface area contributed by atoms with Gasteiger partial charge in [0.25, 0.3) is 0 Å². The van der Waals surface area contributed by atoms with E-state index >= 15 is 0 Å². The van der Waals surface area contributed by atoms with Gasteiger partial charge in [0.2, 0.25) is 0 Å². The van der Waals surface area contributed by atoms with Gasteiger partial charge in [-0.05, 0) is 24.5 Å².